The fraction of sp³-hybridized carbons (Fsp3) is 0.464. The molecule has 0 spiro atoms. The fourth-order valence-corrected chi connectivity index (χ4v) is 6.21. The van der Waals surface area contributed by atoms with E-state index >= 15 is 0 Å². The minimum atomic E-state index is -0.298. The molecule has 1 unspecified atom stereocenters. The molecule has 3 fully saturated rings. The van der Waals surface area contributed by atoms with Gasteiger partial charge in [0.1, 0.15) is 12.4 Å². The lowest BCUT2D eigenvalue weighted by Crippen LogP contribution is -2.39. The Hall–Kier alpha value is -3.24. The molecule has 38 heavy (non-hydrogen) atoms. The van der Waals surface area contributed by atoms with Gasteiger partial charge in [0.15, 0.2) is 22.9 Å². The van der Waals surface area contributed by atoms with Crippen LogP contribution in [0, 0.1) is 5.82 Å². The lowest BCUT2D eigenvalue weighted by molar-refractivity contribution is -0.132. The van der Waals surface area contributed by atoms with Crippen LogP contribution in [0.3, 0.4) is 0 Å². The molecule has 3 heterocycles. The monoisotopic (exact) mass is 539 g/mol. The Morgan fingerprint density at radius 2 is 2.05 bits per heavy atom. The number of likely N-dealkylation sites (N-methyl/N-ethyl adjacent to an activating group) is 1. The molecule has 3 aliphatic rings. The number of thiazole rings is 1. The van der Waals surface area contributed by atoms with Crippen LogP contribution in [0.2, 0.25) is 0 Å². The van der Waals surface area contributed by atoms with Crippen molar-refractivity contribution in [3.63, 3.8) is 0 Å². The average molecular weight is 540 g/mol. The van der Waals surface area contributed by atoms with Gasteiger partial charge in [-0.2, -0.15) is 0 Å². The second kappa shape index (κ2) is 10.1. The molecule has 0 radical (unpaired) electrons. The topological polar surface area (TPSA) is 81.2 Å². The molecule has 2 saturated heterocycles. The first kappa shape index (κ1) is 25.1. The number of methoxy groups -OCH3 is 1. The number of fused-ring (bicyclic) bond motifs is 1. The number of aromatic nitrogens is 1. The number of amides is 2. The number of carbonyl (C=O) groups is 2. The number of benzene rings is 2. The van der Waals surface area contributed by atoms with Gasteiger partial charge in [-0.3, -0.25) is 14.5 Å². The predicted octanol–water partition coefficient (Wildman–Crippen LogP) is 4.82. The highest BCUT2D eigenvalue weighted by Gasteiger charge is 2.34. The molecule has 1 aliphatic carbocycles. The first-order valence-electron chi connectivity index (χ1n) is 13.0. The maximum atomic E-state index is 14.1. The largest absolute Gasteiger partial charge is 0.493 e. The van der Waals surface area contributed by atoms with E-state index in [1.807, 2.05) is 18.2 Å². The van der Waals surface area contributed by atoms with Gasteiger partial charge in [0.2, 0.25) is 11.8 Å². The van der Waals surface area contributed by atoms with Crippen molar-refractivity contribution >= 4 is 38.5 Å². The standard InChI is InChI=1S/C28H30FN3O5S/c1-31(28-30-27-20(16-5-6-16)12-19(29)13-23(27)38-28)25(34)15-32-14-18(11-24(32)33)17-7-8-21(35-2)22(10-17)37-26-4-3-9-36-26/h7-8,10,12-13,16,18,26H,3-6,9,11,14-15H2,1-2H3/t18-,26?/m1/s1. The summed E-state index contributed by atoms with van der Waals surface area (Å²) in [6, 6.07) is 8.73. The number of likely N-dealkylation sites (tertiary alicyclic amines) is 1. The maximum Gasteiger partial charge on any atom is 0.248 e. The first-order chi connectivity index (χ1) is 18.4. The molecule has 0 N–H and O–H groups in total. The predicted molar refractivity (Wildman–Crippen MR) is 141 cm³/mol. The zero-order chi connectivity index (χ0) is 26.4. The zero-order valence-electron chi connectivity index (χ0n) is 21.4. The molecule has 0 bridgehead atoms. The average Bonchev–Trinajstić information content (AvgIpc) is 3.26. The van der Waals surface area contributed by atoms with Gasteiger partial charge < -0.3 is 19.1 Å². The van der Waals surface area contributed by atoms with Crippen LogP contribution in [-0.4, -0.2) is 61.8 Å². The van der Waals surface area contributed by atoms with Crippen molar-refractivity contribution in [3.05, 3.63) is 47.3 Å². The van der Waals surface area contributed by atoms with E-state index in [0.717, 1.165) is 47.0 Å². The third kappa shape index (κ3) is 4.94. The summed E-state index contributed by atoms with van der Waals surface area (Å²) in [5.41, 5.74) is 2.64. The van der Waals surface area contributed by atoms with Gasteiger partial charge in [0, 0.05) is 32.4 Å². The maximum absolute atomic E-state index is 14.1. The van der Waals surface area contributed by atoms with E-state index < -0.39 is 0 Å². The van der Waals surface area contributed by atoms with Gasteiger partial charge in [-0.1, -0.05) is 17.4 Å². The quantitative estimate of drug-likeness (QED) is 0.409. The Morgan fingerprint density at radius 1 is 1.21 bits per heavy atom. The van der Waals surface area contributed by atoms with Gasteiger partial charge in [-0.05, 0) is 60.6 Å². The molecule has 2 atom stereocenters. The molecule has 2 aliphatic heterocycles. The summed E-state index contributed by atoms with van der Waals surface area (Å²) in [4.78, 5) is 33.8. The van der Waals surface area contributed by atoms with Crippen molar-refractivity contribution in [3.8, 4) is 11.5 Å². The minimum Gasteiger partial charge on any atom is -0.493 e. The number of anilines is 1. The Kier molecular flexibility index (Phi) is 6.69. The number of rotatable bonds is 8. The summed E-state index contributed by atoms with van der Waals surface area (Å²) < 4.78 is 32.0. The van der Waals surface area contributed by atoms with Crippen molar-refractivity contribution in [2.45, 2.75) is 50.2 Å². The molecule has 200 valence electrons. The third-order valence-corrected chi connectivity index (χ3v) is 8.58. The summed E-state index contributed by atoms with van der Waals surface area (Å²) in [5.74, 6) is 0.905. The van der Waals surface area contributed by atoms with E-state index in [9.17, 15) is 14.0 Å². The van der Waals surface area contributed by atoms with Crippen molar-refractivity contribution < 1.29 is 28.2 Å². The second-order valence-electron chi connectivity index (χ2n) is 10.2. The molecule has 1 saturated carbocycles. The summed E-state index contributed by atoms with van der Waals surface area (Å²) in [6.07, 6.45) is 3.87. The van der Waals surface area contributed by atoms with E-state index in [1.54, 1.807) is 25.1 Å². The lowest BCUT2D eigenvalue weighted by Gasteiger charge is -2.21. The third-order valence-electron chi connectivity index (χ3n) is 7.50. The molecule has 2 amide bonds. The van der Waals surface area contributed by atoms with E-state index in [0.29, 0.717) is 42.1 Å². The second-order valence-corrected chi connectivity index (χ2v) is 11.2. The lowest BCUT2D eigenvalue weighted by atomic mass is 9.98. The Balaban J connectivity index is 1.14. The highest BCUT2D eigenvalue weighted by molar-refractivity contribution is 7.22. The van der Waals surface area contributed by atoms with Crippen LogP contribution in [0.1, 0.15) is 55.1 Å². The molecular weight excluding hydrogens is 509 g/mol. The molecular formula is C28H30FN3O5S. The fourth-order valence-electron chi connectivity index (χ4n) is 5.20. The molecule has 10 heteroatoms. The summed E-state index contributed by atoms with van der Waals surface area (Å²) in [7, 11) is 3.25. The SMILES string of the molecule is COc1ccc([C@@H]2CC(=O)N(CC(=O)N(C)c3nc4c(C5CC5)cc(F)cc4s3)C2)cc1OC1CCCO1. The highest BCUT2D eigenvalue weighted by atomic mass is 32.1. The number of hydrogen-bond acceptors (Lipinski definition) is 7. The first-order valence-corrected chi connectivity index (χ1v) is 13.8. The van der Waals surface area contributed by atoms with Gasteiger partial charge >= 0.3 is 0 Å². The highest BCUT2D eigenvalue weighted by Crippen LogP contribution is 2.45. The van der Waals surface area contributed by atoms with Crippen LogP contribution in [0.5, 0.6) is 11.5 Å². The van der Waals surface area contributed by atoms with Gasteiger partial charge in [0.25, 0.3) is 0 Å². The number of ether oxygens (including phenoxy) is 3. The summed E-state index contributed by atoms with van der Waals surface area (Å²) in [6.45, 7) is 1.07. The molecule has 6 rings (SSSR count). The van der Waals surface area contributed by atoms with E-state index in [2.05, 4.69) is 4.98 Å². The van der Waals surface area contributed by atoms with Crippen LogP contribution >= 0.6 is 11.3 Å². The Bertz CT molecular complexity index is 1380. The van der Waals surface area contributed by atoms with Crippen molar-refractivity contribution in [1.29, 1.82) is 0 Å². The summed E-state index contributed by atoms with van der Waals surface area (Å²) >= 11 is 1.30. The van der Waals surface area contributed by atoms with Gasteiger partial charge in [-0.15, -0.1) is 0 Å². The molecule has 8 nitrogen and oxygen atoms in total. The molecule has 2 aromatic carbocycles. The van der Waals surface area contributed by atoms with Crippen LogP contribution in [-0.2, 0) is 14.3 Å². The number of hydrogen-bond donors (Lipinski definition) is 0. The van der Waals surface area contributed by atoms with Gasteiger partial charge in [-0.25, -0.2) is 9.37 Å². The summed E-state index contributed by atoms with van der Waals surface area (Å²) in [5, 5.41) is 0.506. The van der Waals surface area contributed by atoms with E-state index in [-0.39, 0.29) is 36.4 Å². The van der Waals surface area contributed by atoms with Crippen molar-refractivity contribution in [2.24, 2.45) is 0 Å². The van der Waals surface area contributed by atoms with Crippen LogP contribution in [0.4, 0.5) is 9.52 Å². The molecule has 3 aromatic rings. The molecule has 1 aromatic heterocycles. The van der Waals surface area contributed by atoms with Gasteiger partial charge in [0.05, 0.1) is 23.9 Å². The smallest absolute Gasteiger partial charge is 0.248 e. The Morgan fingerprint density at radius 3 is 2.79 bits per heavy atom. The number of carbonyl (C=O) groups excluding carboxylic acids is 2. The van der Waals surface area contributed by atoms with Crippen LogP contribution in [0.15, 0.2) is 30.3 Å². The van der Waals surface area contributed by atoms with E-state index in [4.69, 9.17) is 14.2 Å². The zero-order valence-corrected chi connectivity index (χ0v) is 22.3. The van der Waals surface area contributed by atoms with Crippen LogP contribution < -0.4 is 14.4 Å². The van der Waals surface area contributed by atoms with Crippen LogP contribution in [0.25, 0.3) is 10.2 Å². The Labute approximate surface area is 224 Å². The van der Waals surface area contributed by atoms with Crippen molar-refractivity contribution in [2.75, 3.05) is 38.8 Å². The minimum absolute atomic E-state index is 0.0406. The normalized spacial score (nSPS) is 21.3. The number of halogens is 1. The van der Waals surface area contributed by atoms with E-state index in [1.165, 1.54) is 22.3 Å². The van der Waals surface area contributed by atoms with Crippen molar-refractivity contribution in [1.82, 2.24) is 9.88 Å². The number of nitrogens with zero attached hydrogens (tertiary/aromatic N) is 3.